The van der Waals surface area contributed by atoms with Crippen molar-refractivity contribution in [2.75, 3.05) is 0 Å². The van der Waals surface area contributed by atoms with Crippen molar-refractivity contribution in [2.45, 2.75) is 0 Å². The first-order valence-corrected chi connectivity index (χ1v) is 2.48. The van der Waals surface area contributed by atoms with Gasteiger partial charge in [-0.15, -0.1) is 0 Å². The van der Waals surface area contributed by atoms with Gasteiger partial charge in [-0.2, -0.15) is 5.26 Å². The van der Waals surface area contributed by atoms with Gasteiger partial charge < -0.3 is 5.32 Å². The number of nitrogens with zero attached hydrogens (tertiary/aromatic N) is 2. The van der Waals surface area contributed by atoms with Crippen LogP contribution in [0.2, 0.25) is 0 Å². The van der Waals surface area contributed by atoms with Crippen LogP contribution in [0.5, 0.6) is 0 Å². The molecule has 0 aromatic rings. The van der Waals surface area contributed by atoms with E-state index in [2.05, 4.69) is 10.3 Å². The molecule has 3 heteroatoms. The zero-order valence-corrected chi connectivity index (χ0v) is 4.70. The third-order valence-electron chi connectivity index (χ3n) is 0.831. The Hall–Kier alpha value is -1.56. The standard InChI is InChI=1S/C6H5N3/c7-4-6-5-8-2-1-3-9-6/h1-3,5,9H. The van der Waals surface area contributed by atoms with Crippen molar-refractivity contribution < 1.29 is 0 Å². The third kappa shape index (κ3) is 1.42. The Morgan fingerprint density at radius 2 is 2.56 bits per heavy atom. The molecule has 1 N–H and O–H groups in total. The fourth-order valence-electron chi connectivity index (χ4n) is 0.447. The van der Waals surface area contributed by atoms with E-state index in [0.29, 0.717) is 5.70 Å². The van der Waals surface area contributed by atoms with E-state index >= 15 is 0 Å². The molecule has 0 amide bonds. The van der Waals surface area contributed by atoms with Gasteiger partial charge in [-0.3, -0.25) is 4.99 Å². The van der Waals surface area contributed by atoms with Gasteiger partial charge in [0.2, 0.25) is 0 Å². The molecular formula is C6H5N3. The normalized spacial score (nSPS) is 15.2. The lowest BCUT2D eigenvalue weighted by atomic mass is 10.5. The van der Waals surface area contributed by atoms with Crippen LogP contribution in [-0.4, -0.2) is 6.21 Å². The summed E-state index contributed by atoms with van der Waals surface area (Å²) < 4.78 is 0. The molecule has 1 aliphatic rings. The Balaban J connectivity index is 2.77. The molecule has 9 heavy (non-hydrogen) atoms. The Morgan fingerprint density at radius 3 is 3.33 bits per heavy atom. The highest BCUT2D eigenvalue weighted by Crippen LogP contribution is 1.89. The average molecular weight is 119 g/mol. The van der Waals surface area contributed by atoms with Crippen molar-refractivity contribution in [1.82, 2.24) is 5.32 Å². The summed E-state index contributed by atoms with van der Waals surface area (Å²) in [6.07, 6.45) is 6.46. The lowest BCUT2D eigenvalue weighted by molar-refractivity contribution is 1.11. The quantitative estimate of drug-likeness (QED) is 0.506. The van der Waals surface area contributed by atoms with Crippen molar-refractivity contribution in [2.24, 2.45) is 4.99 Å². The number of allylic oxidation sites excluding steroid dienone is 2. The van der Waals surface area contributed by atoms with E-state index in [9.17, 15) is 0 Å². The van der Waals surface area contributed by atoms with Gasteiger partial charge in [-0.1, -0.05) is 0 Å². The summed E-state index contributed by atoms with van der Waals surface area (Å²) in [5.41, 5.74) is 0.458. The number of rotatable bonds is 0. The topological polar surface area (TPSA) is 48.2 Å². The summed E-state index contributed by atoms with van der Waals surface area (Å²) in [6.45, 7) is 0. The lowest BCUT2D eigenvalue weighted by Gasteiger charge is -1.88. The maximum atomic E-state index is 8.33. The molecule has 1 heterocycles. The summed E-state index contributed by atoms with van der Waals surface area (Å²) in [5, 5.41) is 11.1. The molecule has 0 spiro atoms. The monoisotopic (exact) mass is 119 g/mol. The highest BCUT2D eigenvalue weighted by molar-refractivity contribution is 5.72. The number of aliphatic imine (C=N–C) groups is 1. The molecule has 0 atom stereocenters. The average Bonchev–Trinajstić information content (AvgIpc) is 2.13. The number of hydrogen-bond donors (Lipinski definition) is 1. The molecule has 0 aromatic heterocycles. The van der Waals surface area contributed by atoms with E-state index in [-0.39, 0.29) is 0 Å². The molecule has 3 nitrogen and oxygen atoms in total. The van der Waals surface area contributed by atoms with Crippen LogP contribution >= 0.6 is 0 Å². The van der Waals surface area contributed by atoms with Gasteiger partial charge in [0.15, 0.2) is 0 Å². The third-order valence-corrected chi connectivity index (χ3v) is 0.831. The smallest absolute Gasteiger partial charge is 0.136 e. The van der Waals surface area contributed by atoms with E-state index in [0.717, 1.165) is 0 Å². The second-order valence-corrected chi connectivity index (χ2v) is 1.46. The van der Waals surface area contributed by atoms with Crippen LogP contribution in [0.15, 0.2) is 29.2 Å². The number of nitrogens with one attached hydrogen (secondary N) is 1. The van der Waals surface area contributed by atoms with Crippen molar-refractivity contribution >= 4 is 6.21 Å². The van der Waals surface area contributed by atoms with E-state index in [1.807, 2.05) is 6.07 Å². The molecular weight excluding hydrogens is 114 g/mol. The van der Waals surface area contributed by atoms with Crippen molar-refractivity contribution in [3.63, 3.8) is 0 Å². The zero-order valence-electron chi connectivity index (χ0n) is 4.70. The second kappa shape index (κ2) is 2.68. The Labute approximate surface area is 53.0 Å². The van der Waals surface area contributed by atoms with Crippen molar-refractivity contribution in [3.8, 4) is 6.07 Å². The van der Waals surface area contributed by atoms with Crippen LogP contribution < -0.4 is 5.32 Å². The second-order valence-electron chi connectivity index (χ2n) is 1.46. The predicted molar refractivity (Wildman–Crippen MR) is 34.5 cm³/mol. The Kier molecular flexibility index (Phi) is 1.66. The molecule has 0 aromatic carbocycles. The maximum absolute atomic E-state index is 8.33. The molecule has 1 rings (SSSR count). The summed E-state index contributed by atoms with van der Waals surface area (Å²) >= 11 is 0. The van der Waals surface area contributed by atoms with Gasteiger partial charge in [0, 0.05) is 12.4 Å². The van der Waals surface area contributed by atoms with Crippen LogP contribution in [0, 0.1) is 11.3 Å². The summed E-state index contributed by atoms with van der Waals surface area (Å²) in [6, 6.07) is 1.93. The Morgan fingerprint density at radius 1 is 1.67 bits per heavy atom. The number of nitriles is 1. The first-order chi connectivity index (χ1) is 4.43. The van der Waals surface area contributed by atoms with E-state index in [4.69, 9.17) is 5.26 Å². The molecule has 0 bridgehead atoms. The minimum Gasteiger partial charge on any atom is -0.352 e. The molecule has 0 unspecified atom stereocenters. The van der Waals surface area contributed by atoms with Crippen LogP contribution in [0.25, 0.3) is 0 Å². The molecule has 1 aliphatic heterocycles. The molecule has 44 valence electrons. The van der Waals surface area contributed by atoms with Gasteiger partial charge in [0.05, 0.1) is 6.20 Å². The van der Waals surface area contributed by atoms with Crippen LogP contribution in [0.1, 0.15) is 0 Å². The highest BCUT2D eigenvalue weighted by atomic mass is 14.9. The molecule has 0 saturated heterocycles. The fraction of sp³-hybridized carbons (Fsp3) is 0. The molecule has 0 saturated carbocycles. The highest BCUT2D eigenvalue weighted by Gasteiger charge is 1.88. The van der Waals surface area contributed by atoms with Gasteiger partial charge in [0.1, 0.15) is 11.8 Å². The zero-order chi connectivity index (χ0) is 6.53. The lowest BCUT2D eigenvalue weighted by Crippen LogP contribution is -2.00. The van der Waals surface area contributed by atoms with Gasteiger partial charge in [-0.25, -0.2) is 0 Å². The largest absolute Gasteiger partial charge is 0.352 e. The van der Waals surface area contributed by atoms with E-state index < -0.39 is 0 Å². The van der Waals surface area contributed by atoms with Gasteiger partial charge in [0.25, 0.3) is 0 Å². The number of hydrogen-bond acceptors (Lipinski definition) is 3. The summed E-state index contributed by atoms with van der Waals surface area (Å²) in [7, 11) is 0. The van der Waals surface area contributed by atoms with Gasteiger partial charge >= 0.3 is 0 Å². The predicted octanol–water partition coefficient (Wildman–Crippen LogP) is 0.539. The SMILES string of the molecule is N#CC1=CN=CC=CN1. The van der Waals surface area contributed by atoms with Crippen LogP contribution in [0.4, 0.5) is 0 Å². The molecule has 0 fully saturated rings. The Bertz CT molecular complexity index is 217. The van der Waals surface area contributed by atoms with Gasteiger partial charge in [-0.05, 0) is 6.08 Å². The fourth-order valence-corrected chi connectivity index (χ4v) is 0.447. The minimum absolute atomic E-state index is 0.458. The van der Waals surface area contributed by atoms with Crippen LogP contribution in [0.3, 0.4) is 0 Å². The van der Waals surface area contributed by atoms with E-state index in [1.54, 1.807) is 18.5 Å². The first kappa shape index (κ1) is 5.57. The molecule has 0 radical (unpaired) electrons. The first-order valence-electron chi connectivity index (χ1n) is 2.48. The maximum Gasteiger partial charge on any atom is 0.136 e. The summed E-state index contributed by atoms with van der Waals surface area (Å²) in [5.74, 6) is 0. The van der Waals surface area contributed by atoms with E-state index in [1.165, 1.54) is 6.20 Å². The van der Waals surface area contributed by atoms with Crippen molar-refractivity contribution in [3.05, 3.63) is 24.2 Å². The van der Waals surface area contributed by atoms with Crippen molar-refractivity contribution in [1.29, 1.82) is 5.26 Å². The summed E-state index contributed by atoms with van der Waals surface area (Å²) in [4.78, 5) is 3.76. The molecule has 0 aliphatic carbocycles. The van der Waals surface area contributed by atoms with Crippen LogP contribution in [-0.2, 0) is 0 Å². The minimum atomic E-state index is 0.458.